The monoisotopic (exact) mass is 220 g/mol. The summed E-state index contributed by atoms with van der Waals surface area (Å²) in [5.41, 5.74) is 0. The number of hydrogen-bond acceptors (Lipinski definition) is 4. The van der Waals surface area contributed by atoms with Gasteiger partial charge in [0.25, 0.3) is 0 Å². The van der Waals surface area contributed by atoms with Crippen LogP contribution in [0.4, 0.5) is 0 Å². The van der Waals surface area contributed by atoms with Crippen molar-refractivity contribution in [2.24, 2.45) is 0 Å². The zero-order valence-corrected chi connectivity index (χ0v) is 8.65. The van der Waals surface area contributed by atoms with Crippen LogP contribution in [0.25, 0.3) is 0 Å². The summed E-state index contributed by atoms with van der Waals surface area (Å²) in [6.45, 7) is 0.710. The fourth-order valence-corrected chi connectivity index (χ4v) is 1.91. The number of hydrogen-bond donors (Lipinski definition) is 1. The molecule has 2 atom stereocenters. The normalized spacial score (nSPS) is 24.4. The van der Waals surface area contributed by atoms with Crippen molar-refractivity contribution in [3.63, 3.8) is 0 Å². The fraction of sp³-hybridized carbons (Fsp3) is 0.500. The Morgan fingerprint density at radius 2 is 2.44 bits per heavy atom. The molecule has 0 saturated carbocycles. The van der Waals surface area contributed by atoms with Crippen LogP contribution in [0, 0.1) is 11.3 Å². The lowest BCUT2D eigenvalue weighted by atomic mass is 10.2. The van der Waals surface area contributed by atoms with Crippen LogP contribution in [0.2, 0.25) is 0 Å². The first-order valence-corrected chi connectivity index (χ1v) is 5.02. The molecule has 1 aliphatic rings. The van der Waals surface area contributed by atoms with Crippen molar-refractivity contribution in [2.75, 3.05) is 13.1 Å². The van der Waals surface area contributed by atoms with Crippen molar-refractivity contribution in [2.45, 2.75) is 18.6 Å². The van der Waals surface area contributed by atoms with Gasteiger partial charge in [-0.3, -0.25) is 4.79 Å². The second-order valence-corrected chi connectivity index (χ2v) is 3.78. The predicted molar refractivity (Wildman–Crippen MR) is 54.1 cm³/mol. The number of carbonyl (C=O) groups excluding carboxylic acids is 1. The van der Waals surface area contributed by atoms with E-state index in [1.165, 1.54) is 4.90 Å². The molecule has 0 spiro atoms. The molecule has 1 fully saturated rings. The van der Waals surface area contributed by atoms with Crippen LogP contribution in [0.3, 0.4) is 0 Å². The molecule has 0 radical (unpaired) electrons. The number of likely N-dealkylation sites (tertiary alicyclic amines) is 1. The first-order chi connectivity index (χ1) is 7.72. The van der Waals surface area contributed by atoms with E-state index in [-0.39, 0.29) is 24.9 Å². The number of amides is 1. The zero-order valence-electron chi connectivity index (χ0n) is 8.65. The van der Waals surface area contributed by atoms with Gasteiger partial charge in [0.1, 0.15) is 6.42 Å². The summed E-state index contributed by atoms with van der Waals surface area (Å²) in [6, 6.07) is 1.65. The molecule has 2 rings (SSSR count). The quantitative estimate of drug-likeness (QED) is 0.731. The number of aliphatic hydroxyl groups is 1. The van der Waals surface area contributed by atoms with E-state index in [0.717, 1.165) is 0 Å². The van der Waals surface area contributed by atoms with Crippen molar-refractivity contribution in [1.29, 1.82) is 5.26 Å². The number of aromatic nitrogens is 2. The maximum Gasteiger partial charge on any atom is 0.236 e. The molecular weight excluding hydrogens is 208 g/mol. The van der Waals surface area contributed by atoms with Crippen molar-refractivity contribution >= 4 is 5.91 Å². The van der Waals surface area contributed by atoms with Gasteiger partial charge in [-0.05, 0) is 0 Å². The minimum atomic E-state index is -0.600. The molecule has 1 saturated heterocycles. The highest BCUT2D eigenvalue weighted by atomic mass is 16.3. The summed E-state index contributed by atoms with van der Waals surface area (Å²) in [7, 11) is 0. The summed E-state index contributed by atoms with van der Waals surface area (Å²) >= 11 is 0. The Morgan fingerprint density at radius 1 is 1.62 bits per heavy atom. The molecule has 0 aliphatic carbocycles. The number of imidazole rings is 1. The second kappa shape index (κ2) is 4.33. The van der Waals surface area contributed by atoms with E-state index in [9.17, 15) is 9.90 Å². The van der Waals surface area contributed by atoms with Crippen molar-refractivity contribution in [3.05, 3.63) is 18.7 Å². The number of nitrogens with zero attached hydrogens (tertiary/aromatic N) is 4. The Hall–Kier alpha value is -1.87. The number of carbonyl (C=O) groups is 1. The van der Waals surface area contributed by atoms with Crippen LogP contribution in [-0.4, -0.2) is 44.7 Å². The zero-order chi connectivity index (χ0) is 11.5. The van der Waals surface area contributed by atoms with E-state index < -0.39 is 6.10 Å². The lowest BCUT2D eigenvalue weighted by molar-refractivity contribution is -0.129. The second-order valence-electron chi connectivity index (χ2n) is 3.78. The van der Waals surface area contributed by atoms with Crippen LogP contribution in [0.1, 0.15) is 12.5 Å². The SMILES string of the molecule is N#CCC(=O)N1C[C@@H](O)[C@@H](n2ccnc2)C1. The molecule has 1 amide bonds. The summed E-state index contributed by atoms with van der Waals surface area (Å²) in [5, 5.41) is 18.3. The molecule has 0 bridgehead atoms. The Bertz CT molecular complexity index is 409. The molecule has 2 heterocycles. The Labute approximate surface area is 92.7 Å². The predicted octanol–water partition coefficient (Wildman–Crippen LogP) is -0.459. The molecule has 1 aliphatic heterocycles. The first-order valence-electron chi connectivity index (χ1n) is 5.02. The van der Waals surface area contributed by atoms with Crippen LogP contribution in [0.15, 0.2) is 18.7 Å². The average Bonchev–Trinajstić information content (AvgIpc) is 2.86. The topological polar surface area (TPSA) is 82.1 Å². The van der Waals surface area contributed by atoms with Crippen molar-refractivity contribution in [3.8, 4) is 6.07 Å². The minimum absolute atomic E-state index is 0.136. The third kappa shape index (κ3) is 1.90. The van der Waals surface area contributed by atoms with Crippen LogP contribution in [0.5, 0.6) is 0 Å². The summed E-state index contributed by atoms with van der Waals surface area (Å²) < 4.78 is 1.78. The Kier molecular flexibility index (Phi) is 2.88. The molecule has 84 valence electrons. The third-order valence-electron chi connectivity index (χ3n) is 2.75. The number of β-amino-alcohol motifs (C(OH)–C–C–N with tert-alkyl or cyclic N) is 1. The highest BCUT2D eigenvalue weighted by Crippen LogP contribution is 2.22. The van der Waals surface area contributed by atoms with E-state index in [1.807, 2.05) is 6.07 Å². The molecule has 16 heavy (non-hydrogen) atoms. The molecule has 0 aromatic carbocycles. The number of aliphatic hydroxyl groups excluding tert-OH is 1. The third-order valence-corrected chi connectivity index (χ3v) is 2.75. The lowest BCUT2D eigenvalue weighted by Gasteiger charge is -2.15. The average molecular weight is 220 g/mol. The molecular formula is C10H12N4O2. The van der Waals surface area contributed by atoms with Crippen LogP contribution in [-0.2, 0) is 4.79 Å². The van der Waals surface area contributed by atoms with E-state index in [1.54, 1.807) is 23.3 Å². The fourth-order valence-electron chi connectivity index (χ4n) is 1.91. The van der Waals surface area contributed by atoms with Gasteiger partial charge < -0.3 is 14.6 Å². The minimum Gasteiger partial charge on any atom is -0.389 e. The van der Waals surface area contributed by atoms with E-state index in [0.29, 0.717) is 6.54 Å². The van der Waals surface area contributed by atoms with Gasteiger partial charge in [0.05, 0.1) is 24.5 Å². The van der Waals surface area contributed by atoms with Gasteiger partial charge in [-0.1, -0.05) is 0 Å². The molecule has 6 nitrogen and oxygen atoms in total. The summed E-state index contributed by atoms with van der Waals surface area (Å²) in [5.74, 6) is -0.232. The standard InChI is InChI=1S/C10H12N4O2/c11-2-1-10(16)14-5-8(9(15)6-14)13-4-3-12-7-13/h3-4,7-9,15H,1,5-6H2/t8-,9+/m0/s1. The molecule has 6 heteroatoms. The van der Waals surface area contributed by atoms with Gasteiger partial charge in [0, 0.05) is 25.5 Å². The highest BCUT2D eigenvalue weighted by molar-refractivity contribution is 5.78. The van der Waals surface area contributed by atoms with Crippen LogP contribution < -0.4 is 0 Å². The largest absolute Gasteiger partial charge is 0.389 e. The van der Waals surface area contributed by atoms with Gasteiger partial charge in [-0.15, -0.1) is 0 Å². The molecule has 1 aromatic heterocycles. The van der Waals surface area contributed by atoms with Gasteiger partial charge in [-0.25, -0.2) is 4.98 Å². The summed E-state index contributed by atoms with van der Waals surface area (Å²) in [6.07, 6.45) is 4.27. The van der Waals surface area contributed by atoms with E-state index in [2.05, 4.69) is 4.98 Å². The van der Waals surface area contributed by atoms with Crippen LogP contribution >= 0.6 is 0 Å². The maximum atomic E-state index is 11.5. The van der Waals surface area contributed by atoms with Crippen molar-refractivity contribution < 1.29 is 9.90 Å². The number of nitriles is 1. The molecule has 0 unspecified atom stereocenters. The molecule has 1 N–H and O–H groups in total. The van der Waals surface area contributed by atoms with Gasteiger partial charge in [0.2, 0.25) is 5.91 Å². The summed E-state index contributed by atoms with van der Waals surface area (Å²) in [4.78, 5) is 16.9. The smallest absolute Gasteiger partial charge is 0.236 e. The van der Waals surface area contributed by atoms with Crippen molar-refractivity contribution in [1.82, 2.24) is 14.5 Å². The molecule has 1 aromatic rings. The maximum absolute atomic E-state index is 11.5. The lowest BCUT2D eigenvalue weighted by Crippen LogP contribution is -2.29. The number of rotatable bonds is 2. The Morgan fingerprint density at radius 3 is 3.06 bits per heavy atom. The first kappa shape index (κ1) is 10.6. The van der Waals surface area contributed by atoms with Gasteiger partial charge >= 0.3 is 0 Å². The Balaban J connectivity index is 2.05. The van der Waals surface area contributed by atoms with E-state index in [4.69, 9.17) is 5.26 Å². The van der Waals surface area contributed by atoms with Gasteiger partial charge in [-0.2, -0.15) is 5.26 Å². The van der Waals surface area contributed by atoms with Gasteiger partial charge in [0.15, 0.2) is 0 Å². The highest BCUT2D eigenvalue weighted by Gasteiger charge is 2.34. The van der Waals surface area contributed by atoms with E-state index >= 15 is 0 Å².